The van der Waals surface area contributed by atoms with Gasteiger partial charge in [-0.2, -0.15) is 0 Å². The number of aliphatic hydroxyl groups excluding tert-OH is 1. The zero-order valence-electron chi connectivity index (χ0n) is 21.6. The summed E-state index contributed by atoms with van der Waals surface area (Å²) in [5, 5.41) is 13.3. The molecule has 3 saturated heterocycles. The number of hydrogen-bond acceptors (Lipinski definition) is 6. The lowest BCUT2D eigenvalue weighted by Crippen LogP contribution is -2.57. The number of hydrogen-bond donors (Lipinski definition) is 2. The van der Waals surface area contributed by atoms with Gasteiger partial charge in [0.1, 0.15) is 17.6 Å². The van der Waals surface area contributed by atoms with Crippen molar-refractivity contribution in [2.45, 2.75) is 84.1 Å². The second-order valence-corrected chi connectivity index (χ2v) is 10.6. The van der Waals surface area contributed by atoms with Crippen LogP contribution in [0.2, 0.25) is 0 Å². The van der Waals surface area contributed by atoms with Gasteiger partial charge in [-0.05, 0) is 57.1 Å². The van der Waals surface area contributed by atoms with Crippen LogP contribution >= 0.6 is 0 Å². The maximum atomic E-state index is 14.1. The summed E-state index contributed by atoms with van der Waals surface area (Å²) < 4.78 is 12.1. The van der Waals surface area contributed by atoms with Gasteiger partial charge in [-0.1, -0.05) is 39.0 Å². The lowest BCUT2D eigenvalue weighted by atomic mass is 9.65. The molecule has 35 heavy (non-hydrogen) atoms. The number of carbonyl (C=O) groups is 3. The van der Waals surface area contributed by atoms with E-state index in [0.717, 1.165) is 11.1 Å². The number of fused-ring (bicyclic) bond motifs is 1. The van der Waals surface area contributed by atoms with Crippen molar-refractivity contribution in [1.29, 1.82) is 0 Å². The van der Waals surface area contributed by atoms with Crippen molar-refractivity contribution < 1.29 is 29.0 Å². The molecule has 8 nitrogen and oxygen atoms in total. The molecule has 0 aliphatic carbocycles. The fourth-order valence-corrected chi connectivity index (χ4v) is 6.73. The largest absolute Gasteiger partial charge is 0.466 e. The van der Waals surface area contributed by atoms with E-state index < -0.39 is 41.1 Å². The van der Waals surface area contributed by atoms with Crippen LogP contribution in [0.4, 0.5) is 5.69 Å². The zero-order valence-corrected chi connectivity index (χ0v) is 21.6. The molecule has 1 spiro atoms. The summed E-state index contributed by atoms with van der Waals surface area (Å²) in [5.74, 6) is -2.82. The number of carbonyl (C=O) groups excluding carboxylic acids is 3. The molecule has 8 heteroatoms. The summed E-state index contributed by atoms with van der Waals surface area (Å²) in [4.78, 5) is 42.9. The van der Waals surface area contributed by atoms with Crippen LogP contribution in [-0.4, -0.2) is 64.3 Å². The van der Waals surface area contributed by atoms with Crippen LogP contribution in [0.3, 0.4) is 0 Å². The quantitative estimate of drug-likeness (QED) is 0.548. The van der Waals surface area contributed by atoms with Crippen LogP contribution in [-0.2, 0) is 23.9 Å². The van der Waals surface area contributed by atoms with Crippen LogP contribution in [0.1, 0.15) is 58.1 Å². The molecule has 4 rings (SSSR count). The molecule has 1 aromatic rings. The monoisotopic (exact) mass is 486 g/mol. The molecular weight excluding hydrogens is 448 g/mol. The molecule has 2 unspecified atom stereocenters. The molecule has 3 aliphatic heterocycles. The van der Waals surface area contributed by atoms with Gasteiger partial charge < -0.3 is 24.8 Å². The molecule has 0 aromatic heterocycles. The van der Waals surface area contributed by atoms with E-state index in [0.29, 0.717) is 24.9 Å². The number of amides is 2. The summed E-state index contributed by atoms with van der Waals surface area (Å²) >= 11 is 0. The van der Waals surface area contributed by atoms with Gasteiger partial charge in [0.25, 0.3) is 0 Å². The fraction of sp³-hybridized carbons (Fsp3) is 0.667. The summed E-state index contributed by atoms with van der Waals surface area (Å²) in [5.41, 5.74) is 0.555. The predicted molar refractivity (Wildman–Crippen MR) is 131 cm³/mol. The predicted octanol–water partition coefficient (Wildman–Crippen LogP) is 2.98. The smallest absolute Gasteiger partial charge is 0.312 e. The Labute approximate surface area is 207 Å². The number of benzene rings is 1. The van der Waals surface area contributed by atoms with Crippen LogP contribution in [0.15, 0.2) is 18.2 Å². The highest BCUT2D eigenvalue weighted by Gasteiger charge is 2.79. The average molecular weight is 487 g/mol. The van der Waals surface area contributed by atoms with Crippen LogP contribution in [0.5, 0.6) is 0 Å². The molecule has 6 atom stereocenters. The third-order valence-corrected chi connectivity index (χ3v) is 8.45. The number of aliphatic hydroxyl groups is 1. The van der Waals surface area contributed by atoms with E-state index >= 15 is 0 Å². The van der Waals surface area contributed by atoms with Crippen molar-refractivity contribution in [2.24, 2.45) is 17.8 Å². The minimum atomic E-state index is -1.15. The van der Waals surface area contributed by atoms with Gasteiger partial charge in [-0.3, -0.25) is 14.4 Å². The van der Waals surface area contributed by atoms with Gasteiger partial charge >= 0.3 is 5.97 Å². The van der Waals surface area contributed by atoms with Gasteiger partial charge in [0.2, 0.25) is 11.8 Å². The Bertz CT molecular complexity index is 1000. The first kappa shape index (κ1) is 25.6. The Balaban J connectivity index is 1.83. The number of nitrogens with zero attached hydrogens (tertiary/aromatic N) is 1. The first-order valence-corrected chi connectivity index (χ1v) is 12.8. The first-order chi connectivity index (χ1) is 16.6. The van der Waals surface area contributed by atoms with Gasteiger partial charge in [0.05, 0.1) is 30.8 Å². The lowest BCUT2D eigenvalue weighted by Gasteiger charge is -2.38. The molecule has 2 N–H and O–H groups in total. The third-order valence-electron chi connectivity index (χ3n) is 8.45. The van der Waals surface area contributed by atoms with E-state index in [4.69, 9.17) is 9.47 Å². The lowest BCUT2D eigenvalue weighted by molar-refractivity contribution is -0.161. The summed E-state index contributed by atoms with van der Waals surface area (Å²) in [7, 11) is 0. The van der Waals surface area contributed by atoms with E-state index in [1.165, 1.54) is 4.90 Å². The molecule has 1 aromatic carbocycles. The fourth-order valence-electron chi connectivity index (χ4n) is 6.73. The molecule has 2 bridgehead atoms. The maximum Gasteiger partial charge on any atom is 0.312 e. The summed E-state index contributed by atoms with van der Waals surface area (Å²) in [6, 6.07) is 4.22. The third kappa shape index (κ3) is 3.68. The number of para-hydroxylation sites is 1. The molecule has 2 amide bonds. The Morgan fingerprint density at radius 2 is 1.89 bits per heavy atom. The van der Waals surface area contributed by atoms with Crippen molar-refractivity contribution in [2.75, 3.05) is 18.5 Å². The van der Waals surface area contributed by atoms with Crippen molar-refractivity contribution >= 4 is 23.5 Å². The molecule has 3 aliphatic rings. The average Bonchev–Trinajstić information content (AvgIpc) is 3.41. The van der Waals surface area contributed by atoms with Crippen molar-refractivity contribution in [3.05, 3.63) is 29.3 Å². The standard InChI is InChI=1S/C27H38N2O6/c1-7-26-12-13-27(35-26)19(20(26)25(33)34-8-2)24(32)29(18(14-30)15(3)4)22(27)23(31)28-21-16(5)10-9-11-17(21)6/h9-11,15,18-20,22,30H,7-8,12-14H2,1-6H3,(H,28,31)/t18-,19-,20-,22?,26+,27?/m0/s1. The number of rotatable bonds is 8. The second kappa shape index (κ2) is 9.21. The van der Waals surface area contributed by atoms with Crippen LogP contribution in [0.25, 0.3) is 0 Å². The number of aryl methyl sites for hydroxylation is 2. The molecular formula is C27H38N2O6. The molecule has 3 heterocycles. The van der Waals surface area contributed by atoms with Gasteiger partial charge in [-0.25, -0.2) is 0 Å². The van der Waals surface area contributed by atoms with Crippen molar-refractivity contribution in [3.63, 3.8) is 0 Å². The molecule has 0 radical (unpaired) electrons. The van der Waals surface area contributed by atoms with Crippen LogP contribution < -0.4 is 5.32 Å². The Hall–Kier alpha value is -2.45. The number of esters is 1. The highest BCUT2D eigenvalue weighted by Crippen LogP contribution is 2.64. The number of nitrogens with one attached hydrogen (secondary N) is 1. The number of likely N-dealkylation sites (tertiary alicyclic amines) is 1. The Morgan fingerprint density at radius 3 is 2.43 bits per heavy atom. The first-order valence-electron chi connectivity index (χ1n) is 12.8. The maximum absolute atomic E-state index is 14.1. The van der Waals surface area contributed by atoms with E-state index in [1.54, 1.807) is 6.92 Å². The number of ether oxygens (including phenoxy) is 2. The second-order valence-electron chi connectivity index (χ2n) is 10.6. The normalized spacial score (nSPS) is 32.2. The molecule has 0 saturated carbocycles. The van der Waals surface area contributed by atoms with Gasteiger partial charge in [-0.15, -0.1) is 0 Å². The Morgan fingerprint density at radius 1 is 1.23 bits per heavy atom. The van der Waals surface area contributed by atoms with E-state index in [9.17, 15) is 19.5 Å². The van der Waals surface area contributed by atoms with Gasteiger partial charge in [0, 0.05) is 5.69 Å². The van der Waals surface area contributed by atoms with Crippen molar-refractivity contribution in [1.82, 2.24) is 4.90 Å². The van der Waals surface area contributed by atoms with Crippen LogP contribution in [0, 0.1) is 31.6 Å². The topological polar surface area (TPSA) is 105 Å². The SMILES string of the molecule is CCOC(=O)[C@@H]1[C@H]2C(=O)N([C@@H](CO)C(C)C)C(C(=O)Nc3c(C)cccc3C)C23CC[C@@]1(CC)O3. The molecule has 3 fully saturated rings. The highest BCUT2D eigenvalue weighted by molar-refractivity contribution is 6.04. The van der Waals surface area contributed by atoms with E-state index in [-0.39, 0.29) is 30.9 Å². The van der Waals surface area contributed by atoms with E-state index in [1.807, 2.05) is 52.8 Å². The Kier molecular flexibility index (Phi) is 6.74. The number of anilines is 1. The minimum Gasteiger partial charge on any atom is -0.466 e. The highest BCUT2D eigenvalue weighted by atomic mass is 16.6. The molecule has 192 valence electrons. The van der Waals surface area contributed by atoms with Crippen molar-refractivity contribution in [3.8, 4) is 0 Å². The van der Waals surface area contributed by atoms with E-state index in [2.05, 4.69) is 5.32 Å². The summed E-state index contributed by atoms with van der Waals surface area (Å²) in [6.45, 7) is 11.3. The minimum absolute atomic E-state index is 0.104. The van der Waals surface area contributed by atoms with Gasteiger partial charge in [0.15, 0.2) is 0 Å². The zero-order chi connectivity index (χ0) is 25.7. The summed E-state index contributed by atoms with van der Waals surface area (Å²) in [6.07, 6.45) is 1.61.